The van der Waals surface area contributed by atoms with Gasteiger partial charge < -0.3 is 49.3 Å². The zero-order valence-electron chi connectivity index (χ0n) is 37.1. The Morgan fingerprint density at radius 1 is 0.703 bits per heavy atom. The van der Waals surface area contributed by atoms with Gasteiger partial charge in [-0.3, -0.25) is 9.59 Å². The van der Waals surface area contributed by atoms with Gasteiger partial charge >= 0.3 is 12.2 Å². The highest BCUT2D eigenvalue weighted by molar-refractivity contribution is 5.91. The Labute approximate surface area is 370 Å². The van der Waals surface area contributed by atoms with Gasteiger partial charge in [0.2, 0.25) is 11.8 Å². The summed E-state index contributed by atoms with van der Waals surface area (Å²) in [6.45, 7) is 7.91. The van der Waals surface area contributed by atoms with Crippen LogP contribution in [0, 0.1) is 29.1 Å². The maximum Gasteiger partial charge on any atom is 0.407 e. The van der Waals surface area contributed by atoms with E-state index in [1.807, 2.05) is 22.2 Å². The number of hydrogen-bond donors (Lipinski definition) is 4. The van der Waals surface area contributed by atoms with E-state index < -0.39 is 36.5 Å². The van der Waals surface area contributed by atoms with Crippen molar-refractivity contribution >= 4 is 34.8 Å². The molecule has 4 amide bonds. The second-order valence-corrected chi connectivity index (χ2v) is 18.4. The van der Waals surface area contributed by atoms with Crippen molar-refractivity contribution in [3.8, 4) is 33.6 Å². The molecule has 6 aliphatic rings. The molecule has 3 saturated carbocycles. The molecule has 5 aromatic rings. The zero-order valence-corrected chi connectivity index (χ0v) is 37.1. The number of amides is 4. The lowest BCUT2D eigenvalue weighted by molar-refractivity contribution is -0.139. The van der Waals surface area contributed by atoms with Gasteiger partial charge in [0.05, 0.1) is 62.3 Å². The Balaban J connectivity index is 0.834. The van der Waals surface area contributed by atoms with Gasteiger partial charge in [-0.1, -0.05) is 62.4 Å². The van der Waals surface area contributed by atoms with E-state index in [-0.39, 0.29) is 41.4 Å². The lowest BCUT2D eigenvalue weighted by atomic mass is 9.98. The summed E-state index contributed by atoms with van der Waals surface area (Å²) in [5.41, 5.74) is 5.90. The number of fused-ring (bicyclic) bond motifs is 3. The molecule has 3 aromatic carbocycles. The number of benzene rings is 3. The van der Waals surface area contributed by atoms with Gasteiger partial charge in [0, 0.05) is 31.9 Å². The third kappa shape index (κ3) is 6.55. The zero-order chi connectivity index (χ0) is 44.9. The number of carbonyl (C=O) groups is 4. The predicted molar refractivity (Wildman–Crippen MR) is 235 cm³/mol. The van der Waals surface area contributed by atoms with Crippen molar-refractivity contribution in [1.82, 2.24) is 40.4 Å². The maximum absolute atomic E-state index is 14.1. The van der Waals surface area contributed by atoms with Gasteiger partial charge in [0.25, 0.3) is 0 Å². The lowest BCUT2D eigenvalue weighted by Gasteiger charge is -2.33. The minimum Gasteiger partial charge on any atom is -0.453 e. The molecule has 4 N–H and O–H groups in total. The van der Waals surface area contributed by atoms with E-state index in [1.54, 1.807) is 13.8 Å². The summed E-state index contributed by atoms with van der Waals surface area (Å²) in [5, 5.41) is 7.54. The fraction of sp³-hybridized carbons (Fsp3) is 0.458. The Hall–Kier alpha value is -6.26. The van der Waals surface area contributed by atoms with Crippen molar-refractivity contribution in [2.45, 2.75) is 82.6 Å². The number of aromatic nitrogens is 4. The van der Waals surface area contributed by atoms with E-state index in [9.17, 15) is 19.2 Å². The van der Waals surface area contributed by atoms with E-state index in [2.05, 4.69) is 95.1 Å². The Kier molecular flexibility index (Phi) is 10.1. The summed E-state index contributed by atoms with van der Waals surface area (Å²) in [6.07, 6.45) is 1.97. The average molecular weight is 871 g/mol. The van der Waals surface area contributed by atoms with Crippen molar-refractivity contribution in [2.75, 3.05) is 28.4 Å². The highest BCUT2D eigenvalue weighted by atomic mass is 16.5. The van der Waals surface area contributed by atoms with Crippen molar-refractivity contribution in [2.24, 2.45) is 29.1 Å². The van der Waals surface area contributed by atoms with Crippen LogP contribution in [0.5, 0.6) is 0 Å². The van der Waals surface area contributed by atoms with E-state index >= 15 is 0 Å². The van der Waals surface area contributed by atoms with Crippen LogP contribution in [0.3, 0.4) is 0 Å². The molecular weight excluding hydrogens is 817 g/mol. The molecule has 3 saturated heterocycles. The number of H-pyrrole nitrogens is 2. The summed E-state index contributed by atoms with van der Waals surface area (Å²) in [4.78, 5) is 73.0. The highest BCUT2D eigenvalue weighted by Crippen LogP contribution is 2.90. The molecule has 3 aliphatic carbocycles. The summed E-state index contributed by atoms with van der Waals surface area (Å²) >= 11 is 0. The Morgan fingerprint density at radius 2 is 1.20 bits per heavy atom. The molecule has 11 rings (SSSR count). The first kappa shape index (κ1) is 41.7. The van der Waals surface area contributed by atoms with E-state index in [1.165, 1.54) is 28.4 Å². The van der Waals surface area contributed by atoms with E-state index in [0.717, 1.165) is 56.7 Å². The number of alkyl carbamates (subject to hydrolysis) is 2. The molecule has 16 nitrogen and oxygen atoms in total. The average Bonchev–Trinajstić information content (AvgIpc) is 3.85. The van der Waals surface area contributed by atoms with Crippen LogP contribution in [0.1, 0.15) is 57.8 Å². The molecule has 5 heterocycles. The van der Waals surface area contributed by atoms with Crippen LogP contribution in [-0.4, -0.2) is 119 Å². The fourth-order valence-electron chi connectivity index (χ4n) is 11.3. The highest BCUT2D eigenvalue weighted by Gasteiger charge is 2.94. The van der Waals surface area contributed by atoms with E-state index in [0.29, 0.717) is 29.5 Å². The number of hydrogen-bond acceptors (Lipinski definition) is 10. The molecule has 3 aliphatic heterocycles. The molecule has 64 heavy (non-hydrogen) atoms. The number of nitrogens with zero attached hydrogens (tertiary/aromatic N) is 4. The summed E-state index contributed by atoms with van der Waals surface area (Å²) in [5.74, 6) is 2.54. The molecule has 13 atom stereocenters. The first-order chi connectivity index (χ1) is 30.8. The van der Waals surface area contributed by atoms with Crippen LogP contribution in [0.4, 0.5) is 9.59 Å². The first-order valence-corrected chi connectivity index (χ1v) is 22.0. The Morgan fingerprint density at radius 3 is 1.80 bits per heavy atom. The standard InChI is InChI=1S/C48H54N8O8/c1-22-31-19-34(55(39(22)31)44(57)37(23(2)61-5)53-46(59)63-7)42-49-21-33(51-42)30-16-15-28-17-27(13-14-29(28)18-30)25-9-11-26(12-10-25)32-20-50-43(52-32)40-35-36-41(48(35,36)4)56(40)45(58)38(24(3)62-6)54-47(60)64-8/h9-18,20-24,31,34-41H,19H2,1-8H3,(H,49,51)(H,50,52)(H,53,59)(H,54,60)/t22-,23-,24-,31+,34+,35?,36-,37+,38+,39-,40+,41+,48-/m1/s1. The number of ether oxygens (including phenoxy) is 4. The third-order valence-corrected chi connectivity index (χ3v) is 15.3. The smallest absolute Gasteiger partial charge is 0.407 e. The van der Waals surface area contributed by atoms with Gasteiger partial charge in [0.1, 0.15) is 23.7 Å². The van der Waals surface area contributed by atoms with Crippen molar-refractivity contribution in [1.29, 1.82) is 0 Å². The minimum atomic E-state index is -0.901. The molecule has 16 heteroatoms. The van der Waals surface area contributed by atoms with Gasteiger partial charge in [0.15, 0.2) is 0 Å². The number of rotatable bonds is 13. The summed E-state index contributed by atoms with van der Waals surface area (Å²) < 4.78 is 20.6. The van der Waals surface area contributed by atoms with Crippen LogP contribution >= 0.6 is 0 Å². The van der Waals surface area contributed by atoms with E-state index in [4.69, 9.17) is 28.9 Å². The Bertz CT molecular complexity index is 2660. The molecule has 334 valence electrons. The number of piperidine rings is 2. The van der Waals surface area contributed by atoms with Crippen LogP contribution in [0.25, 0.3) is 44.4 Å². The minimum absolute atomic E-state index is 0.0757. The largest absolute Gasteiger partial charge is 0.453 e. The number of imidazole rings is 2. The summed E-state index contributed by atoms with van der Waals surface area (Å²) in [7, 11) is 5.59. The third-order valence-electron chi connectivity index (χ3n) is 15.3. The molecule has 0 spiro atoms. The SMILES string of the molecule is COC(=O)N[C@H](C(=O)N1[C@H](c2ncc(-c3ccc(-c4ccc5cc(-c6cnc([C@@H]7C[C@H]8[C@@H](C)[C@H]8N7C(=O)[C@@H](NC(=O)OC)[C@@H](C)OC)[nH]6)ccc5c4)cc3)[nH]2)C2[C@@H]3[C@H]1[C@]23C)[C@@H](C)OC. The van der Waals surface area contributed by atoms with Crippen molar-refractivity contribution < 1.29 is 38.1 Å². The molecule has 2 aromatic heterocycles. The first-order valence-electron chi connectivity index (χ1n) is 22.0. The van der Waals surface area contributed by atoms with Gasteiger partial charge in [-0.2, -0.15) is 0 Å². The molecule has 2 bridgehead atoms. The number of likely N-dealkylation sites (tertiary alicyclic amines) is 1. The van der Waals surface area contributed by atoms with Crippen LogP contribution in [0.2, 0.25) is 0 Å². The molecule has 0 radical (unpaired) electrons. The van der Waals surface area contributed by atoms with Crippen LogP contribution in [0.15, 0.2) is 73.1 Å². The summed E-state index contributed by atoms with van der Waals surface area (Å²) in [6, 6.07) is 19.0. The van der Waals surface area contributed by atoms with Gasteiger partial charge in [-0.05, 0) is 89.0 Å². The maximum atomic E-state index is 14.1. The van der Waals surface area contributed by atoms with Crippen LogP contribution < -0.4 is 10.6 Å². The second-order valence-electron chi connectivity index (χ2n) is 18.4. The quantitative estimate of drug-likeness (QED) is 0.105. The topological polar surface area (TPSA) is 193 Å². The number of nitrogens with one attached hydrogen (secondary N) is 4. The normalized spacial score (nSPS) is 28.7. The fourth-order valence-corrected chi connectivity index (χ4v) is 11.3. The number of methoxy groups -OCH3 is 4. The van der Waals surface area contributed by atoms with Gasteiger partial charge in [-0.25, -0.2) is 19.6 Å². The predicted octanol–water partition coefficient (Wildman–Crippen LogP) is 6.23. The molecule has 6 fully saturated rings. The van der Waals surface area contributed by atoms with Crippen LogP contribution in [-0.2, 0) is 28.5 Å². The molecular formula is C48H54N8O8. The van der Waals surface area contributed by atoms with Crippen molar-refractivity contribution in [3.05, 3.63) is 84.7 Å². The molecule has 1 unspecified atom stereocenters. The van der Waals surface area contributed by atoms with Gasteiger partial charge in [-0.15, -0.1) is 0 Å². The second kappa shape index (κ2) is 15.5. The van der Waals surface area contributed by atoms with Crippen molar-refractivity contribution in [3.63, 3.8) is 0 Å². The number of aromatic amines is 2. The lowest BCUT2D eigenvalue weighted by Crippen LogP contribution is -2.55. The monoisotopic (exact) mass is 870 g/mol. The number of carbonyl (C=O) groups excluding carboxylic acids is 4.